The van der Waals surface area contributed by atoms with Crippen LogP contribution in [0.3, 0.4) is 0 Å². The second-order valence-corrected chi connectivity index (χ2v) is 5.44. The Morgan fingerprint density at radius 3 is 2.45 bits per heavy atom. The molecule has 3 nitrogen and oxygen atoms in total. The zero-order valence-corrected chi connectivity index (χ0v) is 13.5. The Hall–Kier alpha value is -2.29. The second-order valence-electron chi connectivity index (χ2n) is 5.44. The number of benzene rings is 2. The maximum Gasteiger partial charge on any atom is 0.255 e. The Morgan fingerprint density at radius 2 is 1.86 bits per heavy atom. The number of unbranched alkanes of at least 4 members (excludes halogenated alkanes) is 1. The predicted molar refractivity (Wildman–Crippen MR) is 90.7 cm³/mol. The summed E-state index contributed by atoms with van der Waals surface area (Å²) in [6.45, 7) is 4.11. The molecule has 0 radical (unpaired) electrons. The fraction of sp³-hybridized carbons (Fsp3) is 0.316. The van der Waals surface area contributed by atoms with Gasteiger partial charge in [-0.3, -0.25) is 4.79 Å². The molecular weight excluding hydrogens is 274 g/mol. The fourth-order valence-corrected chi connectivity index (χ4v) is 2.36. The molecule has 22 heavy (non-hydrogen) atoms. The van der Waals surface area contributed by atoms with Crippen LogP contribution < -0.4 is 10.1 Å². The molecule has 0 heterocycles. The van der Waals surface area contributed by atoms with E-state index in [2.05, 4.69) is 24.4 Å². The minimum atomic E-state index is -0.105. The molecule has 0 aliphatic rings. The first-order valence-electron chi connectivity index (χ1n) is 7.69. The standard InChI is InChI=1S/C19H23NO2/c1-4-5-6-15-7-10-17(11-8-15)20-19(21)16-9-12-18(22-3)14(2)13-16/h7-13H,4-6H2,1-3H3,(H,20,21). The van der Waals surface area contributed by atoms with Gasteiger partial charge in [0.1, 0.15) is 5.75 Å². The Morgan fingerprint density at radius 1 is 1.14 bits per heavy atom. The summed E-state index contributed by atoms with van der Waals surface area (Å²) in [4.78, 5) is 12.3. The normalized spacial score (nSPS) is 10.3. The second kappa shape index (κ2) is 7.64. The van der Waals surface area contributed by atoms with Gasteiger partial charge in [-0.1, -0.05) is 25.5 Å². The Balaban J connectivity index is 2.03. The molecule has 2 aromatic carbocycles. The molecule has 0 fully saturated rings. The van der Waals surface area contributed by atoms with Crippen LogP contribution in [0.25, 0.3) is 0 Å². The quantitative estimate of drug-likeness (QED) is 0.846. The molecule has 2 rings (SSSR count). The van der Waals surface area contributed by atoms with E-state index in [1.807, 2.05) is 31.2 Å². The van der Waals surface area contributed by atoms with Crippen LogP contribution in [0.2, 0.25) is 0 Å². The molecule has 0 aliphatic heterocycles. The number of amides is 1. The van der Waals surface area contributed by atoms with Crippen molar-refractivity contribution in [2.24, 2.45) is 0 Å². The summed E-state index contributed by atoms with van der Waals surface area (Å²) in [5.74, 6) is 0.684. The lowest BCUT2D eigenvalue weighted by atomic mass is 10.1. The number of aryl methyl sites for hydroxylation is 2. The van der Waals surface area contributed by atoms with Gasteiger partial charge in [-0.15, -0.1) is 0 Å². The number of hydrogen-bond acceptors (Lipinski definition) is 2. The van der Waals surface area contributed by atoms with Crippen molar-refractivity contribution in [1.29, 1.82) is 0 Å². The van der Waals surface area contributed by atoms with Crippen LogP contribution >= 0.6 is 0 Å². The molecule has 0 atom stereocenters. The van der Waals surface area contributed by atoms with Crippen molar-refractivity contribution in [3.05, 3.63) is 59.2 Å². The van der Waals surface area contributed by atoms with Crippen LogP contribution in [0.15, 0.2) is 42.5 Å². The van der Waals surface area contributed by atoms with Crippen molar-refractivity contribution in [3.8, 4) is 5.75 Å². The van der Waals surface area contributed by atoms with Crippen LogP contribution in [0.5, 0.6) is 5.75 Å². The van der Waals surface area contributed by atoms with E-state index in [1.54, 1.807) is 13.2 Å². The van der Waals surface area contributed by atoms with Crippen LogP contribution in [-0.2, 0) is 6.42 Å². The first kappa shape index (κ1) is 16.1. The molecule has 1 N–H and O–H groups in total. The third kappa shape index (κ3) is 4.10. The highest BCUT2D eigenvalue weighted by Gasteiger charge is 2.08. The molecule has 0 unspecified atom stereocenters. The average Bonchev–Trinajstić information content (AvgIpc) is 2.54. The van der Waals surface area contributed by atoms with Crippen molar-refractivity contribution >= 4 is 11.6 Å². The fourth-order valence-electron chi connectivity index (χ4n) is 2.36. The van der Waals surface area contributed by atoms with Gasteiger partial charge in [0.25, 0.3) is 5.91 Å². The summed E-state index contributed by atoms with van der Waals surface area (Å²) in [5.41, 5.74) is 3.71. The third-order valence-corrected chi connectivity index (χ3v) is 3.69. The van der Waals surface area contributed by atoms with Gasteiger partial charge in [0.15, 0.2) is 0 Å². The van der Waals surface area contributed by atoms with Crippen LogP contribution in [-0.4, -0.2) is 13.0 Å². The lowest BCUT2D eigenvalue weighted by Gasteiger charge is -2.09. The molecule has 1 amide bonds. The molecule has 0 saturated heterocycles. The summed E-state index contributed by atoms with van der Waals surface area (Å²) in [6.07, 6.45) is 3.47. The zero-order valence-electron chi connectivity index (χ0n) is 13.5. The Kier molecular flexibility index (Phi) is 5.59. The number of hydrogen-bond donors (Lipinski definition) is 1. The van der Waals surface area contributed by atoms with Crippen molar-refractivity contribution in [2.75, 3.05) is 12.4 Å². The minimum Gasteiger partial charge on any atom is -0.496 e. The number of carbonyl (C=O) groups excluding carboxylic acids is 1. The van der Waals surface area contributed by atoms with E-state index in [9.17, 15) is 4.79 Å². The summed E-state index contributed by atoms with van der Waals surface area (Å²) in [7, 11) is 1.63. The summed E-state index contributed by atoms with van der Waals surface area (Å²) >= 11 is 0. The smallest absolute Gasteiger partial charge is 0.255 e. The third-order valence-electron chi connectivity index (χ3n) is 3.69. The van der Waals surface area contributed by atoms with Gasteiger partial charge < -0.3 is 10.1 Å². The molecule has 116 valence electrons. The SMILES string of the molecule is CCCCc1ccc(NC(=O)c2ccc(OC)c(C)c2)cc1. The van der Waals surface area contributed by atoms with Gasteiger partial charge in [0, 0.05) is 11.3 Å². The number of ether oxygens (including phenoxy) is 1. The van der Waals surface area contributed by atoms with Crippen LogP contribution in [0.1, 0.15) is 41.3 Å². The summed E-state index contributed by atoms with van der Waals surface area (Å²) in [6, 6.07) is 13.5. The van der Waals surface area contributed by atoms with Gasteiger partial charge in [-0.2, -0.15) is 0 Å². The van der Waals surface area contributed by atoms with Crippen molar-refractivity contribution in [1.82, 2.24) is 0 Å². The number of carbonyl (C=O) groups is 1. The van der Waals surface area contributed by atoms with Gasteiger partial charge in [0.2, 0.25) is 0 Å². The molecular formula is C19H23NO2. The Labute approximate surface area is 132 Å². The molecule has 2 aromatic rings. The van der Waals surface area contributed by atoms with Crippen molar-refractivity contribution < 1.29 is 9.53 Å². The number of rotatable bonds is 6. The van der Waals surface area contributed by atoms with E-state index in [0.29, 0.717) is 5.56 Å². The lowest BCUT2D eigenvalue weighted by Crippen LogP contribution is -2.12. The average molecular weight is 297 g/mol. The maximum absolute atomic E-state index is 12.3. The minimum absolute atomic E-state index is 0.105. The number of nitrogens with one attached hydrogen (secondary N) is 1. The van der Waals surface area contributed by atoms with Gasteiger partial charge in [0.05, 0.1) is 7.11 Å². The van der Waals surface area contributed by atoms with Crippen LogP contribution in [0, 0.1) is 6.92 Å². The highest BCUT2D eigenvalue weighted by Crippen LogP contribution is 2.19. The first-order chi connectivity index (χ1) is 10.6. The first-order valence-corrected chi connectivity index (χ1v) is 7.69. The zero-order chi connectivity index (χ0) is 15.9. The Bertz CT molecular complexity index is 632. The largest absolute Gasteiger partial charge is 0.496 e. The van der Waals surface area contributed by atoms with Gasteiger partial charge in [-0.25, -0.2) is 0 Å². The predicted octanol–water partition coefficient (Wildman–Crippen LogP) is 4.60. The van der Waals surface area contributed by atoms with E-state index in [0.717, 1.165) is 23.4 Å². The molecule has 0 bridgehead atoms. The van der Waals surface area contributed by atoms with E-state index in [4.69, 9.17) is 4.74 Å². The van der Waals surface area contributed by atoms with Crippen LogP contribution in [0.4, 0.5) is 5.69 Å². The molecule has 3 heteroatoms. The van der Waals surface area contributed by atoms with Crippen molar-refractivity contribution in [2.45, 2.75) is 33.1 Å². The van der Waals surface area contributed by atoms with E-state index >= 15 is 0 Å². The molecule has 0 aromatic heterocycles. The number of anilines is 1. The summed E-state index contributed by atoms with van der Waals surface area (Å²) in [5, 5.41) is 2.93. The topological polar surface area (TPSA) is 38.3 Å². The van der Waals surface area contributed by atoms with E-state index in [1.165, 1.54) is 18.4 Å². The lowest BCUT2D eigenvalue weighted by molar-refractivity contribution is 0.102. The van der Waals surface area contributed by atoms with E-state index in [-0.39, 0.29) is 5.91 Å². The molecule has 0 aliphatic carbocycles. The van der Waals surface area contributed by atoms with Gasteiger partial charge >= 0.3 is 0 Å². The number of methoxy groups -OCH3 is 1. The highest BCUT2D eigenvalue weighted by atomic mass is 16.5. The highest BCUT2D eigenvalue weighted by molar-refractivity contribution is 6.04. The summed E-state index contributed by atoms with van der Waals surface area (Å²) < 4.78 is 5.21. The molecule has 0 saturated carbocycles. The van der Waals surface area contributed by atoms with E-state index < -0.39 is 0 Å². The monoisotopic (exact) mass is 297 g/mol. The van der Waals surface area contributed by atoms with Crippen molar-refractivity contribution in [3.63, 3.8) is 0 Å². The van der Waals surface area contributed by atoms with Gasteiger partial charge in [-0.05, 0) is 61.2 Å². The maximum atomic E-state index is 12.3. The molecule has 0 spiro atoms.